The summed E-state index contributed by atoms with van der Waals surface area (Å²) in [6, 6.07) is 13.3. The number of rotatable bonds is 4. The van der Waals surface area contributed by atoms with Gasteiger partial charge in [0.05, 0.1) is 23.0 Å². The maximum absolute atomic E-state index is 11.7. The van der Waals surface area contributed by atoms with Crippen molar-refractivity contribution in [3.63, 3.8) is 0 Å². The predicted molar refractivity (Wildman–Crippen MR) is 113 cm³/mol. The number of imidazole rings is 1. The number of carbonyl (C=O) groups excluding carboxylic acids is 1. The number of ether oxygens (including phenoxy) is 1. The molecule has 1 aliphatic heterocycles. The summed E-state index contributed by atoms with van der Waals surface area (Å²) in [6.45, 7) is 1.31. The number of benzene rings is 1. The number of thiazole rings is 1. The molecule has 30 heavy (non-hydrogen) atoms. The summed E-state index contributed by atoms with van der Waals surface area (Å²) in [5.74, 6) is -0.522. The number of hydroxylamine groups is 1. The van der Waals surface area contributed by atoms with E-state index in [4.69, 9.17) is 14.9 Å². The lowest BCUT2D eigenvalue weighted by Gasteiger charge is -2.36. The molecule has 0 spiro atoms. The number of amides is 1. The monoisotopic (exact) mass is 420 g/mol. The molecule has 4 aromatic rings. The Morgan fingerprint density at radius 2 is 1.97 bits per heavy atom. The molecule has 0 unspecified atom stereocenters. The van der Waals surface area contributed by atoms with Gasteiger partial charge in [-0.2, -0.15) is 0 Å². The first-order chi connectivity index (χ1) is 14.7. The lowest BCUT2D eigenvalue weighted by molar-refractivity contribution is 0.0629. The molecule has 0 bridgehead atoms. The van der Waals surface area contributed by atoms with E-state index in [2.05, 4.69) is 10.4 Å². The van der Waals surface area contributed by atoms with Gasteiger partial charge in [-0.1, -0.05) is 18.2 Å². The SMILES string of the molecule is O=C(NO)c1ccc(C2(c3nc(-c4cnc5ccccn45)cs3)CCOCC2)cc1. The minimum absolute atomic E-state index is 0.268. The fraction of sp³-hybridized carbons (Fsp3) is 0.227. The third kappa shape index (κ3) is 3.09. The molecule has 4 heterocycles. The van der Waals surface area contributed by atoms with E-state index in [1.165, 1.54) is 0 Å². The van der Waals surface area contributed by atoms with E-state index in [0.717, 1.165) is 40.4 Å². The summed E-state index contributed by atoms with van der Waals surface area (Å²) in [5.41, 5.74) is 5.67. The minimum Gasteiger partial charge on any atom is -0.381 e. The number of pyridine rings is 1. The van der Waals surface area contributed by atoms with Gasteiger partial charge in [0.1, 0.15) is 10.7 Å². The van der Waals surface area contributed by atoms with E-state index >= 15 is 0 Å². The second-order valence-corrected chi connectivity index (χ2v) is 8.18. The average molecular weight is 420 g/mol. The molecule has 1 amide bonds. The van der Waals surface area contributed by atoms with Crippen molar-refractivity contribution in [2.24, 2.45) is 0 Å². The average Bonchev–Trinajstić information content (AvgIpc) is 3.46. The zero-order valence-electron chi connectivity index (χ0n) is 16.1. The van der Waals surface area contributed by atoms with Crippen LogP contribution in [-0.4, -0.2) is 38.7 Å². The first kappa shape index (κ1) is 18.9. The minimum atomic E-state index is -0.522. The molecule has 1 saturated heterocycles. The molecular weight excluding hydrogens is 400 g/mol. The van der Waals surface area contributed by atoms with Gasteiger partial charge in [0, 0.05) is 30.4 Å². The van der Waals surface area contributed by atoms with Gasteiger partial charge >= 0.3 is 0 Å². The Bertz CT molecular complexity index is 1190. The Hall–Kier alpha value is -3.07. The van der Waals surface area contributed by atoms with Crippen molar-refractivity contribution < 1.29 is 14.7 Å². The third-order valence-electron chi connectivity index (χ3n) is 5.74. The number of carbonyl (C=O) groups is 1. The van der Waals surface area contributed by atoms with E-state index in [9.17, 15) is 4.79 Å². The fourth-order valence-corrected chi connectivity index (χ4v) is 5.18. The van der Waals surface area contributed by atoms with Crippen LogP contribution in [-0.2, 0) is 10.2 Å². The third-order valence-corrected chi connectivity index (χ3v) is 6.79. The van der Waals surface area contributed by atoms with Crippen LogP contribution in [0.3, 0.4) is 0 Å². The number of hydrogen-bond donors (Lipinski definition) is 2. The Balaban J connectivity index is 1.56. The zero-order chi connectivity index (χ0) is 20.6. The summed E-state index contributed by atoms with van der Waals surface area (Å²) >= 11 is 1.64. The molecule has 2 N–H and O–H groups in total. The normalized spacial score (nSPS) is 15.9. The van der Waals surface area contributed by atoms with Crippen LogP contribution >= 0.6 is 11.3 Å². The maximum Gasteiger partial charge on any atom is 0.274 e. The van der Waals surface area contributed by atoms with E-state index in [0.29, 0.717) is 18.8 Å². The standard InChI is InChI=1S/C22H20N4O3S/c27-20(25-28)15-4-6-16(7-5-15)22(8-11-29-12-9-22)21-24-17(14-30-21)18-13-23-19-3-1-2-10-26(18)19/h1-7,10,13-14,28H,8-9,11-12H2,(H,25,27). The Labute approximate surface area is 177 Å². The topological polar surface area (TPSA) is 88.8 Å². The quantitative estimate of drug-likeness (QED) is 0.388. The van der Waals surface area contributed by atoms with Crippen LogP contribution in [0.1, 0.15) is 33.8 Å². The highest BCUT2D eigenvalue weighted by molar-refractivity contribution is 7.10. The lowest BCUT2D eigenvalue weighted by Crippen LogP contribution is -2.35. The lowest BCUT2D eigenvalue weighted by atomic mass is 9.74. The number of nitrogens with zero attached hydrogens (tertiary/aromatic N) is 3. The van der Waals surface area contributed by atoms with Crippen LogP contribution in [0.25, 0.3) is 17.0 Å². The molecule has 3 aromatic heterocycles. The molecule has 1 aromatic carbocycles. The summed E-state index contributed by atoms with van der Waals surface area (Å²) in [6.07, 6.45) is 5.48. The van der Waals surface area contributed by atoms with Crippen LogP contribution < -0.4 is 5.48 Å². The Morgan fingerprint density at radius 3 is 2.73 bits per heavy atom. The molecule has 8 heteroatoms. The summed E-state index contributed by atoms with van der Waals surface area (Å²) < 4.78 is 7.69. The molecule has 152 valence electrons. The van der Waals surface area contributed by atoms with E-state index in [1.807, 2.05) is 47.1 Å². The van der Waals surface area contributed by atoms with Gasteiger partial charge in [0.25, 0.3) is 5.91 Å². The highest BCUT2D eigenvalue weighted by Gasteiger charge is 2.39. The second-order valence-electron chi connectivity index (χ2n) is 7.32. The van der Waals surface area contributed by atoms with Crippen molar-refractivity contribution >= 4 is 22.9 Å². The number of nitrogens with one attached hydrogen (secondary N) is 1. The van der Waals surface area contributed by atoms with Crippen molar-refractivity contribution in [3.8, 4) is 11.4 Å². The number of fused-ring (bicyclic) bond motifs is 1. The van der Waals surface area contributed by atoms with Crippen LogP contribution in [0.5, 0.6) is 0 Å². The number of hydrogen-bond acceptors (Lipinski definition) is 6. The van der Waals surface area contributed by atoms with Crippen molar-refractivity contribution in [3.05, 3.63) is 76.4 Å². The van der Waals surface area contributed by atoms with Gasteiger partial charge in [-0.15, -0.1) is 11.3 Å². The van der Waals surface area contributed by atoms with E-state index < -0.39 is 5.91 Å². The molecule has 0 saturated carbocycles. The largest absolute Gasteiger partial charge is 0.381 e. The van der Waals surface area contributed by atoms with Crippen molar-refractivity contribution in [1.29, 1.82) is 0 Å². The van der Waals surface area contributed by atoms with Gasteiger partial charge in [0.2, 0.25) is 0 Å². The van der Waals surface area contributed by atoms with Gasteiger partial charge in [-0.3, -0.25) is 14.4 Å². The predicted octanol–water partition coefficient (Wildman–Crippen LogP) is 3.67. The highest BCUT2D eigenvalue weighted by Crippen LogP contribution is 2.43. The van der Waals surface area contributed by atoms with Crippen LogP contribution in [0, 0.1) is 0 Å². The van der Waals surface area contributed by atoms with Gasteiger partial charge in [0.15, 0.2) is 0 Å². The Morgan fingerprint density at radius 1 is 1.17 bits per heavy atom. The van der Waals surface area contributed by atoms with Crippen LogP contribution in [0.2, 0.25) is 0 Å². The zero-order valence-corrected chi connectivity index (χ0v) is 16.9. The van der Waals surface area contributed by atoms with Crippen molar-refractivity contribution in [2.45, 2.75) is 18.3 Å². The molecule has 1 fully saturated rings. The molecule has 0 aliphatic carbocycles. The van der Waals surface area contributed by atoms with Crippen LogP contribution in [0.15, 0.2) is 60.2 Å². The summed E-state index contributed by atoms with van der Waals surface area (Å²) in [7, 11) is 0. The van der Waals surface area contributed by atoms with E-state index in [-0.39, 0.29) is 5.41 Å². The maximum atomic E-state index is 11.7. The first-order valence-electron chi connectivity index (χ1n) is 9.72. The molecule has 0 radical (unpaired) electrons. The summed E-state index contributed by atoms with van der Waals surface area (Å²) in [4.78, 5) is 21.2. The molecule has 5 rings (SSSR count). The number of aromatic nitrogens is 3. The van der Waals surface area contributed by atoms with Gasteiger partial charge in [-0.25, -0.2) is 15.4 Å². The first-order valence-corrected chi connectivity index (χ1v) is 10.6. The van der Waals surface area contributed by atoms with Gasteiger partial charge in [-0.05, 0) is 42.7 Å². The van der Waals surface area contributed by atoms with Crippen molar-refractivity contribution in [2.75, 3.05) is 13.2 Å². The second kappa shape index (κ2) is 7.64. The summed E-state index contributed by atoms with van der Waals surface area (Å²) in [5, 5.41) is 12.0. The molecule has 1 aliphatic rings. The fourth-order valence-electron chi connectivity index (χ4n) is 4.08. The molecule has 7 nitrogen and oxygen atoms in total. The van der Waals surface area contributed by atoms with Gasteiger partial charge < -0.3 is 4.74 Å². The van der Waals surface area contributed by atoms with Crippen molar-refractivity contribution in [1.82, 2.24) is 19.8 Å². The Kier molecular flexibility index (Phi) is 4.82. The van der Waals surface area contributed by atoms with Crippen LogP contribution in [0.4, 0.5) is 0 Å². The smallest absolute Gasteiger partial charge is 0.274 e. The molecular formula is C22H20N4O3S. The molecule has 0 atom stereocenters. The van der Waals surface area contributed by atoms with E-state index in [1.54, 1.807) is 28.9 Å². The highest BCUT2D eigenvalue weighted by atomic mass is 32.1.